The van der Waals surface area contributed by atoms with E-state index in [2.05, 4.69) is 0 Å². The Morgan fingerprint density at radius 2 is 1.36 bits per heavy atom. The summed E-state index contributed by atoms with van der Waals surface area (Å²) in [6.45, 7) is 8.81. The van der Waals surface area contributed by atoms with Crippen molar-refractivity contribution in [2.45, 2.75) is 34.0 Å². The van der Waals surface area contributed by atoms with E-state index in [1.54, 1.807) is 19.1 Å². The van der Waals surface area contributed by atoms with Gasteiger partial charge in [-0.05, 0) is 27.7 Å². The van der Waals surface area contributed by atoms with Gasteiger partial charge in [0.1, 0.15) is 5.92 Å². The second-order valence-electron chi connectivity index (χ2n) is 2.46. The zero-order valence-electron chi connectivity index (χ0n) is 9.28. The number of nitrogens with zero attached hydrogens (tertiary/aromatic N) is 2. The maximum Gasteiger partial charge on any atom is 0.154 e. The van der Waals surface area contributed by atoms with Crippen molar-refractivity contribution >= 4 is 0 Å². The second-order valence-corrected chi connectivity index (χ2v) is 2.46. The average molecular weight is 198 g/mol. The van der Waals surface area contributed by atoms with E-state index in [1.165, 1.54) is 0 Å². The monoisotopic (exact) mass is 198 g/mol. The van der Waals surface area contributed by atoms with Crippen molar-refractivity contribution in [1.82, 2.24) is 0 Å². The molecule has 0 radical (unpaired) electrons. The van der Waals surface area contributed by atoms with Gasteiger partial charge in [0.15, 0.2) is 6.29 Å². The maximum absolute atomic E-state index is 7.86. The van der Waals surface area contributed by atoms with Crippen LogP contribution in [0.4, 0.5) is 0 Å². The molecule has 0 aliphatic rings. The minimum absolute atomic E-state index is 0.0370. The zero-order valence-corrected chi connectivity index (χ0v) is 9.28. The Hall–Kier alpha value is -1.10. The summed E-state index contributed by atoms with van der Waals surface area (Å²) in [4.78, 5) is 0. The molecule has 0 heterocycles. The standard InChI is InChI=1S/C6H14O2.C4H4N2/c1-4-7-6(3)8-5-2;1-4(2-5)3-6/h6H,4-5H2,1-3H3;4H,1H3. The van der Waals surface area contributed by atoms with Gasteiger partial charge in [0.05, 0.1) is 12.1 Å². The second kappa shape index (κ2) is 11.9. The molecule has 0 bridgehead atoms. The van der Waals surface area contributed by atoms with E-state index in [0.29, 0.717) is 0 Å². The van der Waals surface area contributed by atoms with E-state index in [9.17, 15) is 0 Å². The Morgan fingerprint density at radius 3 is 1.50 bits per heavy atom. The summed E-state index contributed by atoms with van der Waals surface area (Å²) in [6, 6.07) is 3.51. The first-order valence-electron chi connectivity index (χ1n) is 4.64. The fourth-order valence-corrected chi connectivity index (χ4v) is 0.546. The van der Waals surface area contributed by atoms with Gasteiger partial charge in [-0.1, -0.05) is 0 Å². The van der Waals surface area contributed by atoms with Crippen LogP contribution in [-0.4, -0.2) is 19.5 Å². The molecule has 0 N–H and O–H groups in total. The number of nitriles is 2. The SMILES string of the molecule is CC(C#N)C#N.CCOC(C)OCC. The highest BCUT2D eigenvalue weighted by molar-refractivity contribution is 4.95. The van der Waals surface area contributed by atoms with Gasteiger partial charge < -0.3 is 9.47 Å². The smallest absolute Gasteiger partial charge is 0.154 e. The molecule has 0 atom stereocenters. The van der Waals surface area contributed by atoms with E-state index in [-0.39, 0.29) is 6.29 Å². The van der Waals surface area contributed by atoms with Crippen LogP contribution in [0.15, 0.2) is 0 Å². The third-order valence-electron chi connectivity index (χ3n) is 1.19. The van der Waals surface area contributed by atoms with E-state index < -0.39 is 5.92 Å². The summed E-state index contributed by atoms with van der Waals surface area (Å²) in [5, 5.41) is 15.7. The molecule has 0 rings (SSSR count). The molecule has 0 amide bonds. The molecule has 14 heavy (non-hydrogen) atoms. The highest BCUT2D eigenvalue weighted by atomic mass is 16.7. The predicted octanol–water partition coefficient (Wildman–Crippen LogP) is 2.08. The van der Waals surface area contributed by atoms with Crippen LogP contribution in [0.25, 0.3) is 0 Å². The Morgan fingerprint density at radius 1 is 1.00 bits per heavy atom. The molecule has 0 unspecified atom stereocenters. The van der Waals surface area contributed by atoms with Crippen LogP contribution < -0.4 is 0 Å². The molecule has 0 aromatic rings. The third kappa shape index (κ3) is 13.5. The largest absolute Gasteiger partial charge is 0.353 e. The van der Waals surface area contributed by atoms with Gasteiger partial charge in [0, 0.05) is 13.2 Å². The Kier molecular flexibility index (Phi) is 13.1. The van der Waals surface area contributed by atoms with Crippen LogP contribution in [-0.2, 0) is 9.47 Å². The first kappa shape index (κ1) is 15.4. The molecule has 0 fully saturated rings. The highest BCUT2D eigenvalue weighted by Crippen LogP contribution is 1.90. The summed E-state index contributed by atoms with van der Waals surface area (Å²) >= 11 is 0. The van der Waals surface area contributed by atoms with Gasteiger partial charge in [-0.2, -0.15) is 10.5 Å². The van der Waals surface area contributed by atoms with Crippen LogP contribution in [0.1, 0.15) is 27.7 Å². The topological polar surface area (TPSA) is 66.0 Å². The van der Waals surface area contributed by atoms with Crippen molar-refractivity contribution in [2.75, 3.05) is 13.2 Å². The van der Waals surface area contributed by atoms with Gasteiger partial charge >= 0.3 is 0 Å². The molecule has 0 aliphatic heterocycles. The lowest BCUT2D eigenvalue weighted by Crippen LogP contribution is -2.11. The molecule has 0 saturated heterocycles. The fourth-order valence-electron chi connectivity index (χ4n) is 0.546. The van der Waals surface area contributed by atoms with Crippen molar-refractivity contribution < 1.29 is 9.47 Å². The summed E-state index contributed by atoms with van der Waals surface area (Å²) in [5.74, 6) is -0.454. The first-order valence-corrected chi connectivity index (χ1v) is 4.64. The van der Waals surface area contributed by atoms with Gasteiger partial charge in [0.25, 0.3) is 0 Å². The summed E-state index contributed by atoms with van der Waals surface area (Å²) in [5.41, 5.74) is 0. The number of hydrogen-bond acceptors (Lipinski definition) is 4. The van der Waals surface area contributed by atoms with E-state index in [1.807, 2.05) is 20.8 Å². The first-order chi connectivity index (χ1) is 6.62. The normalized spacial score (nSPS) is 8.86. The molecular weight excluding hydrogens is 180 g/mol. The Labute approximate surface area is 86.0 Å². The Balaban J connectivity index is 0. The predicted molar refractivity (Wildman–Crippen MR) is 53.1 cm³/mol. The van der Waals surface area contributed by atoms with Crippen LogP contribution in [0, 0.1) is 28.6 Å². The van der Waals surface area contributed by atoms with Crippen molar-refractivity contribution in [1.29, 1.82) is 10.5 Å². The third-order valence-corrected chi connectivity index (χ3v) is 1.19. The molecule has 0 aromatic heterocycles. The lowest BCUT2D eigenvalue weighted by molar-refractivity contribution is -0.123. The number of ether oxygens (including phenoxy) is 2. The summed E-state index contributed by atoms with van der Waals surface area (Å²) in [7, 11) is 0. The van der Waals surface area contributed by atoms with Crippen LogP contribution >= 0.6 is 0 Å². The number of rotatable bonds is 4. The molecule has 80 valence electrons. The quantitative estimate of drug-likeness (QED) is 0.648. The van der Waals surface area contributed by atoms with Crippen molar-refractivity contribution in [3.05, 3.63) is 0 Å². The van der Waals surface area contributed by atoms with Crippen LogP contribution in [0.3, 0.4) is 0 Å². The lowest BCUT2D eigenvalue weighted by Gasteiger charge is -2.09. The van der Waals surface area contributed by atoms with E-state index in [4.69, 9.17) is 20.0 Å². The highest BCUT2D eigenvalue weighted by Gasteiger charge is 1.94. The Bertz CT molecular complexity index is 173. The van der Waals surface area contributed by atoms with E-state index in [0.717, 1.165) is 13.2 Å². The van der Waals surface area contributed by atoms with Gasteiger partial charge in [0.2, 0.25) is 0 Å². The molecule has 0 aliphatic carbocycles. The van der Waals surface area contributed by atoms with Gasteiger partial charge in [-0.3, -0.25) is 0 Å². The minimum atomic E-state index is -0.454. The van der Waals surface area contributed by atoms with Crippen molar-refractivity contribution in [3.63, 3.8) is 0 Å². The van der Waals surface area contributed by atoms with Gasteiger partial charge in [-0.15, -0.1) is 0 Å². The molecule has 4 heteroatoms. The summed E-state index contributed by atoms with van der Waals surface area (Å²) in [6.07, 6.45) is -0.0370. The average Bonchev–Trinajstić information content (AvgIpc) is 2.18. The summed E-state index contributed by atoms with van der Waals surface area (Å²) < 4.78 is 10.1. The lowest BCUT2D eigenvalue weighted by atomic mass is 10.2. The fraction of sp³-hybridized carbons (Fsp3) is 0.800. The van der Waals surface area contributed by atoms with Crippen molar-refractivity contribution in [2.24, 2.45) is 5.92 Å². The molecule has 0 saturated carbocycles. The van der Waals surface area contributed by atoms with Crippen molar-refractivity contribution in [3.8, 4) is 12.1 Å². The molecule has 0 aromatic carbocycles. The maximum atomic E-state index is 7.86. The zero-order chi connectivity index (χ0) is 11.4. The van der Waals surface area contributed by atoms with E-state index >= 15 is 0 Å². The molecular formula is C10H18N2O2. The molecule has 0 spiro atoms. The van der Waals surface area contributed by atoms with Gasteiger partial charge in [-0.25, -0.2) is 0 Å². The molecule has 4 nitrogen and oxygen atoms in total. The minimum Gasteiger partial charge on any atom is -0.353 e. The number of hydrogen-bond donors (Lipinski definition) is 0. The van der Waals surface area contributed by atoms with Crippen LogP contribution in [0.5, 0.6) is 0 Å². The van der Waals surface area contributed by atoms with Crippen LogP contribution in [0.2, 0.25) is 0 Å².